The fourth-order valence-corrected chi connectivity index (χ4v) is 2.96. The van der Waals surface area contributed by atoms with Crippen LogP contribution >= 0.6 is 35.1 Å². The molecule has 0 fully saturated rings. The largest absolute Gasteiger partial charge is 0.480 e. The van der Waals surface area contributed by atoms with E-state index in [1.807, 2.05) is 24.5 Å². The average Bonchev–Trinajstić information content (AvgIpc) is 2.42. The van der Waals surface area contributed by atoms with Crippen LogP contribution in [0.1, 0.15) is 6.42 Å². The van der Waals surface area contributed by atoms with E-state index < -0.39 is 12.0 Å². The second-order valence-electron chi connectivity index (χ2n) is 3.96. The topological polar surface area (TPSA) is 66.4 Å². The van der Waals surface area contributed by atoms with Gasteiger partial charge < -0.3 is 10.4 Å². The van der Waals surface area contributed by atoms with Gasteiger partial charge in [0.2, 0.25) is 5.91 Å². The summed E-state index contributed by atoms with van der Waals surface area (Å²) in [5, 5.41) is 12.1. The fraction of sp³-hybridized carbons (Fsp3) is 0.385. The van der Waals surface area contributed by atoms with Gasteiger partial charge in [-0.2, -0.15) is 11.8 Å². The molecular formula is C13H16ClNO3S2. The molecule has 1 rings (SSSR count). The number of thioether (sulfide) groups is 2. The molecule has 0 bridgehead atoms. The lowest BCUT2D eigenvalue weighted by molar-refractivity contribution is -0.141. The van der Waals surface area contributed by atoms with E-state index in [0.717, 1.165) is 4.90 Å². The van der Waals surface area contributed by atoms with Gasteiger partial charge in [0.1, 0.15) is 6.04 Å². The Hall–Kier alpha value is -0.850. The maximum atomic E-state index is 11.8. The number of carbonyl (C=O) groups excluding carboxylic acids is 1. The highest BCUT2D eigenvalue weighted by Gasteiger charge is 2.19. The minimum atomic E-state index is -1.00. The molecule has 20 heavy (non-hydrogen) atoms. The molecule has 1 aromatic rings. The van der Waals surface area contributed by atoms with Gasteiger partial charge in [-0.15, -0.1) is 11.8 Å². The zero-order chi connectivity index (χ0) is 15.0. The third kappa shape index (κ3) is 6.07. The van der Waals surface area contributed by atoms with Crippen LogP contribution < -0.4 is 5.32 Å². The minimum Gasteiger partial charge on any atom is -0.480 e. The van der Waals surface area contributed by atoms with Crippen LogP contribution in [0, 0.1) is 0 Å². The van der Waals surface area contributed by atoms with Gasteiger partial charge in [0.05, 0.1) is 10.8 Å². The summed E-state index contributed by atoms with van der Waals surface area (Å²) in [6.07, 6.45) is 2.31. The molecule has 0 saturated carbocycles. The first-order valence-corrected chi connectivity index (χ1v) is 8.68. The van der Waals surface area contributed by atoms with E-state index in [1.54, 1.807) is 17.8 Å². The summed E-state index contributed by atoms with van der Waals surface area (Å²) >= 11 is 8.82. The van der Waals surface area contributed by atoms with E-state index in [1.165, 1.54) is 11.8 Å². The molecule has 4 nitrogen and oxygen atoms in total. The van der Waals surface area contributed by atoms with Crippen molar-refractivity contribution in [3.8, 4) is 0 Å². The van der Waals surface area contributed by atoms with Crippen LogP contribution in [0.25, 0.3) is 0 Å². The lowest BCUT2D eigenvalue weighted by Crippen LogP contribution is -2.42. The third-order valence-corrected chi connectivity index (χ3v) is 4.60. The number of carboxylic acids is 1. The SMILES string of the molecule is CSCC[C@@H](NC(=O)CSc1ccccc1Cl)C(=O)O. The molecule has 0 unspecified atom stereocenters. The zero-order valence-electron chi connectivity index (χ0n) is 11.0. The second-order valence-corrected chi connectivity index (χ2v) is 6.37. The molecule has 0 radical (unpaired) electrons. The molecule has 110 valence electrons. The van der Waals surface area contributed by atoms with Gasteiger partial charge >= 0.3 is 5.97 Å². The number of hydrogen-bond acceptors (Lipinski definition) is 4. The second kappa shape index (κ2) is 9.15. The fourth-order valence-electron chi connectivity index (χ4n) is 1.43. The first-order chi connectivity index (χ1) is 9.54. The Bertz CT molecular complexity index is 471. The van der Waals surface area contributed by atoms with Crippen LogP contribution in [0.5, 0.6) is 0 Å². The molecule has 0 spiro atoms. The summed E-state index contributed by atoms with van der Waals surface area (Å²) in [7, 11) is 0. The lowest BCUT2D eigenvalue weighted by Gasteiger charge is -2.13. The molecule has 2 N–H and O–H groups in total. The molecule has 0 heterocycles. The van der Waals surface area contributed by atoms with Crippen molar-refractivity contribution in [1.29, 1.82) is 0 Å². The molecule has 0 saturated heterocycles. The molecule has 0 aromatic heterocycles. The summed E-state index contributed by atoms with van der Waals surface area (Å²) in [5.41, 5.74) is 0. The van der Waals surface area contributed by atoms with Crippen LogP contribution in [0.15, 0.2) is 29.2 Å². The van der Waals surface area contributed by atoms with E-state index in [2.05, 4.69) is 5.32 Å². The highest BCUT2D eigenvalue weighted by Crippen LogP contribution is 2.26. The number of halogens is 1. The molecule has 0 aliphatic heterocycles. The van der Waals surface area contributed by atoms with Crippen molar-refractivity contribution in [2.24, 2.45) is 0 Å². The van der Waals surface area contributed by atoms with E-state index in [0.29, 0.717) is 17.2 Å². The number of carbonyl (C=O) groups is 2. The Morgan fingerprint density at radius 2 is 2.10 bits per heavy atom. The minimum absolute atomic E-state index is 0.146. The molecule has 0 aliphatic rings. The third-order valence-electron chi connectivity index (χ3n) is 2.44. The molecule has 0 aliphatic carbocycles. The highest BCUT2D eigenvalue weighted by molar-refractivity contribution is 8.00. The van der Waals surface area contributed by atoms with E-state index in [9.17, 15) is 9.59 Å². The molecule has 1 atom stereocenters. The number of rotatable bonds is 8. The molecule has 1 amide bonds. The average molecular weight is 334 g/mol. The van der Waals surface area contributed by atoms with Gasteiger partial charge in [-0.1, -0.05) is 23.7 Å². The standard InChI is InChI=1S/C13H16ClNO3S2/c1-19-7-6-10(13(17)18)15-12(16)8-20-11-5-3-2-4-9(11)14/h2-5,10H,6-8H2,1H3,(H,15,16)(H,17,18)/t10-/m1/s1. The smallest absolute Gasteiger partial charge is 0.326 e. The Balaban J connectivity index is 2.46. The van der Waals surface area contributed by atoms with E-state index >= 15 is 0 Å². The predicted molar refractivity (Wildman–Crippen MR) is 84.7 cm³/mol. The van der Waals surface area contributed by atoms with Crippen molar-refractivity contribution in [2.45, 2.75) is 17.4 Å². The number of carboxylic acid groups (broad SMARTS) is 1. The van der Waals surface area contributed by atoms with Crippen molar-refractivity contribution in [3.05, 3.63) is 29.3 Å². The Morgan fingerprint density at radius 3 is 2.70 bits per heavy atom. The van der Waals surface area contributed by atoms with Crippen molar-refractivity contribution in [1.82, 2.24) is 5.32 Å². The zero-order valence-corrected chi connectivity index (χ0v) is 13.4. The van der Waals surface area contributed by atoms with Gasteiger partial charge in [0.25, 0.3) is 0 Å². The monoisotopic (exact) mass is 333 g/mol. The van der Waals surface area contributed by atoms with Crippen LogP contribution in [0.2, 0.25) is 5.02 Å². The van der Waals surface area contributed by atoms with Crippen LogP contribution in [0.3, 0.4) is 0 Å². The maximum Gasteiger partial charge on any atom is 0.326 e. The summed E-state index contributed by atoms with van der Waals surface area (Å²) in [6.45, 7) is 0. The number of nitrogens with one attached hydrogen (secondary N) is 1. The Kier molecular flexibility index (Phi) is 7.87. The Labute approximate surface area is 131 Å². The van der Waals surface area contributed by atoms with Crippen molar-refractivity contribution >= 4 is 47.0 Å². The van der Waals surface area contributed by atoms with Crippen molar-refractivity contribution < 1.29 is 14.7 Å². The van der Waals surface area contributed by atoms with Gasteiger partial charge in [-0.3, -0.25) is 4.79 Å². The number of hydrogen-bond donors (Lipinski definition) is 2. The van der Waals surface area contributed by atoms with Crippen molar-refractivity contribution in [2.75, 3.05) is 17.8 Å². The molecule has 7 heteroatoms. The number of benzene rings is 1. The summed E-state index contributed by atoms with van der Waals surface area (Å²) < 4.78 is 0. The maximum absolute atomic E-state index is 11.8. The van der Waals surface area contributed by atoms with Gasteiger partial charge in [0, 0.05) is 4.90 Å². The summed E-state index contributed by atoms with van der Waals surface area (Å²) in [5.74, 6) is -0.472. The van der Waals surface area contributed by atoms with E-state index in [-0.39, 0.29) is 11.7 Å². The van der Waals surface area contributed by atoms with Crippen LogP contribution in [-0.4, -0.2) is 40.8 Å². The summed E-state index contributed by atoms with van der Waals surface area (Å²) in [4.78, 5) is 23.6. The van der Waals surface area contributed by atoms with Crippen molar-refractivity contribution in [3.63, 3.8) is 0 Å². The van der Waals surface area contributed by atoms with Gasteiger partial charge in [0.15, 0.2) is 0 Å². The first-order valence-electron chi connectivity index (χ1n) is 5.93. The van der Waals surface area contributed by atoms with E-state index in [4.69, 9.17) is 16.7 Å². The highest BCUT2D eigenvalue weighted by atomic mass is 35.5. The van der Waals surface area contributed by atoms with Crippen LogP contribution in [-0.2, 0) is 9.59 Å². The van der Waals surface area contributed by atoms with Gasteiger partial charge in [-0.25, -0.2) is 4.79 Å². The number of aliphatic carboxylic acids is 1. The quantitative estimate of drug-likeness (QED) is 0.716. The summed E-state index contributed by atoms with van der Waals surface area (Å²) in [6, 6.07) is 6.39. The molecule has 1 aromatic carbocycles. The first kappa shape index (κ1) is 17.2. The Morgan fingerprint density at radius 1 is 1.40 bits per heavy atom. The van der Waals surface area contributed by atoms with Crippen LogP contribution in [0.4, 0.5) is 0 Å². The normalized spacial score (nSPS) is 11.9. The molecular weight excluding hydrogens is 318 g/mol. The number of amides is 1. The predicted octanol–water partition coefficient (Wildman–Crippen LogP) is 2.75. The van der Waals surface area contributed by atoms with Gasteiger partial charge in [-0.05, 0) is 30.6 Å². The lowest BCUT2D eigenvalue weighted by atomic mass is 10.2.